The number of thioether (sulfide) groups is 1. The minimum absolute atomic E-state index is 0.253. The van der Waals surface area contributed by atoms with Crippen LogP contribution >= 0.6 is 23.4 Å². The summed E-state index contributed by atoms with van der Waals surface area (Å²) in [5, 5.41) is 0.735. The highest BCUT2D eigenvalue weighted by molar-refractivity contribution is 7.99. The molecule has 0 aliphatic heterocycles. The lowest BCUT2D eigenvalue weighted by molar-refractivity contribution is 0.706. The molecule has 0 saturated heterocycles. The Morgan fingerprint density at radius 2 is 2.33 bits per heavy atom. The van der Waals surface area contributed by atoms with Crippen LogP contribution in [-0.4, -0.2) is 12.3 Å². The number of hydrogen-bond acceptors (Lipinski definition) is 2. The van der Waals surface area contributed by atoms with Crippen molar-refractivity contribution in [2.24, 2.45) is 5.73 Å². The van der Waals surface area contributed by atoms with Crippen LogP contribution in [0.5, 0.6) is 0 Å². The maximum Gasteiger partial charge on any atom is 0.0880 e. The molecule has 0 bridgehead atoms. The fourth-order valence-electron chi connectivity index (χ4n) is 0.974. The zero-order chi connectivity index (χ0) is 11.3. The molecule has 4 heteroatoms. The third-order valence-corrected chi connectivity index (χ3v) is 3.49. The van der Waals surface area contributed by atoms with E-state index in [0.717, 1.165) is 15.5 Å². The van der Waals surface area contributed by atoms with Gasteiger partial charge in [-0.05, 0) is 30.2 Å². The van der Waals surface area contributed by atoms with Crippen molar-refractivity contribution in [3.63, 3.8) is 0 Å². The molecule has 1 rings (SSSR count). The average molecular weight is 246 g/mol. The van der Waals surface area contributed by atoms with E-state index in [1.807, 2.05) is 25.1 Å². The third-order valence-electron chi connectivity index (χ3n) is 1.98. The second-order valence-electron chi connectivity index (χ2n) is 3.17. The van der Waals surface area contributed by atoms with E-state index >= 15 is 0 Å². The van der Waals surface area contributed by atoms with Gasteiger partial charge in [0.1, 0.15) is 0 Å². The van der Waals surface area contributed by atoms with Crippen molar-refractivity contribution in [1.29, 1.82) is 0 Å². The van der Waals surface area contributed by atoms with Crippen molar-refractivity contribution in [1.82, 2.24) is 0 Å². The van der Waals surface area contributed by atoms with Gasteiger partial charge in [0.2, 0.25) is 0 Å². The molecule has 0 radical (unpaired) electrons. The number of benzene rings is 1. The second-order valence-corrected chi connectivity index (χ2v) is 4.63. The molecule has 1 nitrogen and oxygen atoms in total. The molecule has 0 saturated carbocycles. The number of aryl methyl sites for hydroxylation is 1. The molecule has 15 heavy (non-hydrogen) atoms. The lowest BCUT2D eigenvalue weighted by Gasteiger charge is -2.04. The highest BCUT2D eigenvalue weighted by Gasteiger charge is 2.00. The van der Waals surface area contributed by atoms with Gasteiger partial charge in [-0.1, -0.05) is 17.7 Å². The van der Waals surface area contributed by atoms with Gasteiger partial charge in [0.05, 0.1) is 6.33 Å². The van der Waals surface area contributed by atoms with Crippen LogP contribution in [0.1, 0.15) is 5.56 Å². The molecule has 0 aliphatic carbocycles. The van der Waals surface area contributed by atoms with Crippen LogP contribution in [-0.2, 0) is 0 Å². The summed E-state index contributed by atoms with van der Waals surface area (Å²) in [7, 11) is 0. The van der Waals surface area contributed by atoms with Crippen LogP contribution in [0.25, 0.3) is 0 Å². The minimum atomic E-state index is 0.253. The zero-order valence-corrected chi connectivity index (χ0v) is 10.0. The topological polar surface area (TPSA) is 26.0 Å². The quantitative estimate of drug-likeness (QED) is 0.821. The summed E-state index contributed by atoms with van der Waals surface area (Å²) in [6, 6.07) is 5.80. The van der Waals surface area contributed by atoms with E-state index in [2.05, 4.69) is 0 Å². The van der Waals surface area contributed by atoms with Gasteiger partial charge in [-0.25, -0.2) is 4.39 Å². The predicted molar refractivity (Wildman–Crippen MR) is 65.2 cm³/mol. The Morgan fingerprint density at radius 1 is 1.60 bits per heavy atom. The van der Waals surface area contributed by atoms with Gasteiger partial charge in [0.15, 0.2) is 0 Å². The Kier molecular flexibility index (Phi) is 5.15. The predicted octanol–water partition coefficient (Wildman–Crippen LogP) is 3.55. The lowest BCUT2D eigenvalue weighted by Crippen LogP contribution is -2.04. The maximum atomic E-state index is 12.2. The summed E-state index contributed by atoms with van der Waals surface area (Å²) in [5.74, 6) is 0.562. The third kappa shape index (κ3) is 3.86. The molecule has 0 unspecified atom stereocenters. The van der Waals surface area contributed by atoms with Crippen LogP contribution in [0.2, 0.25) is 5.02 Å². The second kappa shape index (κ2) is 6.16. The van der Waals surface area contributed by atoms with E-state index in [9.17, 15) is 4.39 Å². The Bertz CT molecular complexity index is 366. The van der Waals surface area contributed by atoms with Gasteiger partial charge < -0.3 is 5.73 Å². The van der Waals surface area contributed by atoms with Crippen LogP contribution in [0.4, 0.5) is 4.39 Å². The Hall–Kier alpha value is -0.510. The van der Waals surface area contributed by atoms with Gasteiger partial charge in [-0.3, -0.25) is 0 Å². The molecule has 0 fully saturated rings. The first-order valence-electron chi connectivity index (χ1n) is 4.54. The van der Waals surface area contributed by atoms with E-state index in [1.165, 1.54) is 11.8 Å². The van der Waals surface area contributed by atoms with E-state index in [4.69, 9.17) is 17.3 Å². The molecular formula is C11H13ClFNS. The molecule has 0 amide bonds. The highest BCUT2D eigenvalue weighted by Crippen LogP contribution is 2.25. The monoisotopic (exact) mass is 245 g/mol. The summed E-state index contributed by atoms with van der Waals surface area (Å²) in [5.41, 5.74) is 6.99. The van der Waals surface area contributed by atoms with Crippen molar-refractivity contribution < 1.29 is 4.39 Å². The Balaban J connectivity index is 2.62. The standard InChI is InChI=1S/C11H13ClFNS/c1-8-2-3-10(4-11(8)12)15-7-9(5-13)6-14/h2-5H,6-7,14H2,1H3/b9-5+. The number of hydrogen-bond donors (Lipinski definition) is 1. The maximum absolute atomic E-state index is 12.2. The summed E-state index contributed by atoms with van der Waals surface area (Å²) >= 11 is 7.50. The number of halogens is 2. The Labute approximate surface area is 98.5 Å². The van der Waals surface area contributed by atoms with Crippen LogP contribution in [0, 0.1) is 6.92 Å². The first kappa shape index (κ1) is 12.6. The van der Waals surface area contributed by atoms with Crippen LogP contribution < -0.4 is 5.73 Å². The fourth-order valence-corrected chi connectivity index (χ4v) is 2.12. The first-order valence-corrected chi connectivity index (χ1v) is 5.91. The molecule has 1 aromatic rings. The van der Waals surface area contributed by atoms with Crippen molar-refractivity contribution in [2.45, 2.75) is 11.8 Å². The fraction of sp³-hybridized carbons (Fsp3) is 0.273. The van der Waals surface area contributed by atoms with Crippen molar-refractivity contribution >= 4 is 23.4 Å². The summed E-state index contributed by atoms with van der Waals surface area (Å²) < 4.78 is 12.2. The van der Waals surface area contributed by atoms with Gasteiger partial charge in [-0.15, -0.1) is 11.8 Å². The Morgan fingerprint density at radius 3 is 2.87 bits per heavy atom. The summed E-state index contributed by atoms with van der Waals surface area (Å²) in [4.78, 5) is 1.03. The molecule has 2 N–H and O–H groups in total. The van der Waals surface area contributed by atoms with Crippen LogP contribution in [0.3, 0.4) is 0 Å². The van der Waals surface area contributed by atoms with E-state index in [-0.39, 0.29) is 6.54 Å². The molecular weight excluding hydrogens is 233 g/mol. The molecule has 82 valence electrons. The molecule has 0 spiro atoms. The van der Waals surface area contributed by atoms with Gasteiger partial charge in [0.25, 0.3) is 0 Å². The minimum Gasteiger partial charge on any atom is -0.327 e. The van der Waals surface area contributed by atoms with Gasteiger partial charge in [-0.2, -0.15) is 0 Å². The van der Waals surface area contributed by atoms with E-state index < -0.39 is 0 Å². The molecule has 0 aliphatic rings. The SMILES string of the molecule is Cc1ccc(SC/C(=C/F)CN)cc1Cl. The average Bonchev–Trinajstić information content (AvgIpc) is 2.24. The summed E-state index contributed by atoms with van der Waals surface area (Å²) in [6.07, 6.45) is 0.572. The first-order chi connectivity index (χ1) is 7.17. The van der Waals surface area contributed by atoms with Crippen molar-refractivity contribution in [3.8, 4) is 0 Å². The normalized spacial score (nSPS) is 11.9. The van der Waals surface area contributed by atoms with E-state index in [0.29, 0.717) is 17.7 Å². The smallest absolute Gasteiger partial charge is 0.0880 e. The molecule has 1 aromatic carbocycles. The largest absolute Gasteiger partial charge is 0.327 e. The highest BCUT2D eigenvalue weighted by atomic mass is 35.5. The zero-order valence-electron chi connectivity index (χ0n) is 8.47. The van der Waals surface area contributed by atoms with Crippen molar-refractivity contribution in [3.05, 3.63) is 40.7 Å². The number of rotatable bonds is 4. The number of nitrogens with two attached hydrogens (primary N) is 1. The van der Waals surface area contributed by atoms with Gasteiger partial charge >= 0.3 is 0 Å². The summed E-state index contributed by atoms with van der Waals surface area (Å²) in [6.45, 7) is 2.20. The van der Waals surface area contributed by atoms with Gasteiger partial charge in [0, 0.05) is 22.2 Å². The molecule has 0 heterocycles. The lowest BCUT2D eigenvalue weighted by atomic mass is 10.2. The molecule has 0 atom stereocenters. The van der Waals surface area contributed by atoms with Crippen LogP contribution in [0.15, 0.2) is 35.0 Å². The van der Waals surface area contributed by atoms with Crippen molar-refractivity contribution in [2.75, 3.05) is 12.3 Å². The molecule has 0 aromatic heterocycles. The van der Waals surface area contributed by atoms with E-state index in [1.54, 1.807) is 0 Å².